The first kappa shape index (κ1) is 39.4. The summed E-state index contributed by atoms with van der Waals surface area (Å²) in [4.78, 5) is 75.3. The number of rotatable bonds is 16. The molecule has 0 spiro atoms. The van der Waals surface area contributed by atoms with Crippen LogP contribution in [0.15, 0.2) is 54.7 Å². The third-order valence-corrected chi connectivity index (χ3v) is 9.63. The van der Waals surface area contributed by atoms with Crippen molar-refractivity contribution in [3.8, 4) is 5.75 Å². The number of hydrogen-bond acceptors (Lipinski definition) is 10. The third kappa shape index (κ3) is 9.17. The van der Waals surface area contributed by atoms with Crippen LogP contribution in [-0.2, 0) is 24.0 Å². The number of nitrogens with one attached hydrogen (secondary N) is 2. The molecule has 0 radical (unpaired) electrons. The summed E-state index contributed by atoms with van der Waals surface area (Å²) in [6, 6.07) is 8.94. The van der Waals surface area contributed by atoms with Gasteiger partial charge in [0.05, 0.1) is 29.8 Å². The number of carbonyl (C=O) groups excluding carboxylic acids is 5. The third-order valence-electron chi connectivity index (χ3n) is 9.63. The van der Waals surface area contributed by atoms with Gasteiger partial charge in [-0.3, -0.25) is 29.0 Å². The number of ether oxygens (including phenoxy) is 1. The smallest absolute Gasteiger partial charge is 0.258 e. The fourth-order valence-corrected chi connectivity index (χ4v) is 6.67. The highest BCUT2D eigenvalue weighted by molar-refractivity contribution is 6.14. The van der Waals surface area contributed by atoms with E-state index in [-0.39, 0.29) is 30.4 Å². The second-order valence-electron chi connectivity index (χ2n) is 13.9. The van der Waals surface area contributed by atoms with Gasteiger partial charge in [-0.1, -0.05) is 72.2 Å². The lowest BCUT2D eigenvalue weighted by Crippen LogP contribution is -2.65. The molecule has 3 rings (SSSR count). The first-order chi connectivity index (χ1) is 23.2. The van der Waals surface area contributed by atoms with Gasteiger partial charge in [-0.05, 0) is 54.9 Å². The van der Waals surface area contributed by atoms with Gasteiger partial charge in [-0.2, -0.15) is 0 Å². The lowest BCUT2D eigenvalue weighted by Gasteiger charge is -2.44. The van der Waals surface area contributed by atoms with Gasteiger partial charge >= 0.3 is 0 Å². The molecule has 7 N–H and O–H groups in total. The number of nitrogens with two attached hydrogens (primary N) is 2. The second kappa shape index (κ2) is 17.6. The standard InChI is InChI=1S/C37H53N5O7/c1-7-23(6)31(39)34(46)32(26-15-11-12-18-40-26)42-36(48)37(22(4)5)30(33(45)25(38)19-21(2)3)28(43)17-16-27(35(37)47)41-29(44)20-49-24-13-9-8-10-14-24/h8-15,18,21-23,25,27,30-33,45H,7,16-17,19-20,38-39H2,1-6H3,(H,41,44)(H,42,48)/t23-,25-,27?,30?,31-,32?,33+,37-/m0/s1. The van der Waals surface area contributed by atoms with Crippen molar-refractivity contribution in [2.24, 2.45) is 40.6 Å². The van der Waals surface area contributed by atoms with Crippen LogP contribution >= 0.6 is 0 Å². The molecule has 1 aliphatic rings. The average Bonchev–Trinajstić information content (AvgIpc) is 3.19. The van der Waals surface area contributed by atoms with Crippen molar-refractivity contribution < 1.29 is 33.8 Å². The van der Waals surface area contributed by atoms with Crippen molar-refractivity contribution in [2.45, 2.75) is 97.5 Å². The molecule has 1 heterocycles. The number of pyridine rings is 1. The summed E-state index contributed by atoms with van der Waals surface area (Å²) in [6.45, 7) is 10.3. The van der Waals surface area contributed by atoms with E-state index in [1.54, 1.807) is 62.4 Å². The Labute approximate surface area is 289 Å². The lowest BCUT2D eigenvalue weighted by atomic mass is 9.59. The van der Waals surface area contributed by atoms with Crippen molar-refractivity contribution in [3.63, 3.8) is 0 Å². The number of Topliss-reactive ketones (excluding diaryl/α,β-unsaturated/α-hetero) is 3. The molecular weight excluding hydrogens is 626 g/mol. The Hall–Kier alpha value is -4.00. The minimum absolute atomic E-state index is 0.0355. The zero-order valence-electron chi connectivity index (χ0n) is 29.4. The Kier molecular flexibility index (Phi) is 14.2. The predicted molar refractivity (Wildman–Crippen MR) is 185 cm³/mol. The van der Waals surface area contributed by atoms with Gasteiger partial charge in [-0.15, -0.1) is 0 Å². The summed E-state index contributed by atoms with van der Waals surface area (Å²) in [5.41, 5.74) is 10.8. The molecular formula is C37H53N5O7. The monoisotopic (exact) mass is 679 g/mol. The highest BCUT2D eigenvalue weighted by Gasteiger charge is 2.62. The largest absolute Gasteiger partial charge is 0.484 e. The highest BCUT2D eigenvalue weighted by Crippen LogP contribution is 2.45. The van der Waals surface area contributed by atoms with E-state index in [4.69, 9.17) is 16.2 Å². The Balaban J connectivity index is 2.13. The number of aliphatic hydroxyl groups excluding tert-OH is 1. The molecule has 1 saturated carbocycles. The lowest BCUT2D eigenvalue weighted by molar-refractivity contribution is -0.162. The van der Waals surface area contributed by atoms with Crippen LogP contribution in [-0.4, -0.2) is 70.1 Å². The number of benzene rings is 1. The number of aromatic nitrogens is 1. The van der Waals surface area contributed by atoms with E-state index in [2.05, 4.69) is 15.6 Å². The molecule has 2 amide bonds. The van der Waals surface area contributed by atoms with Crippen molar-refractivity contribution in [1.82, 2.24) is 15.6 Å². The topological polar surface area (TPSA) is 204 Å². The maximum Gasteiger partial charge on any atom is 0.258 e. The van der Waals surface area contributed by atoms with Crippen LogP contribution in [0.5, 0.6) is 5.75 Å². The van der Waals surface area contributed by atoms with E-state index in [0.29, 0.717) is 18.6 Å². The summed E-state index contributed by atoms with van der Waals surface area (Å²) in [6.07, 6.45) is 0.460. The maximum absolute atomic E-state index is 14.9. The molecule has 1 aromatic heterocycles. The van der Waals surface area contributed by atoms with E-state index >= 15 is 0 Å². The van der Waals surface area contributed by atoms with Gasteiger partial charge in [0.2, 0.25) is 5.91 Å². The first-order valence-corrected chi connectivity index (χ1v) is 17.2. The van der Waals surface area contributed by atoms with E-state index in [1.165, 1.54) is 6.20 Å². The number of ketones is 3. The molecule has 0 bridgehead atoms. The van der Waals surface area contributed by atoms with Gasteiger partial charge < -0.3 is 31.9 Å². The van der Waals surface area contributed by atoms with Crippen molar-refractivity contribution in [3.05, 3.63) is 60.4 Å². The Morgan fingerprint density at radius 2 is 1.67 bits per heavy atom. The van der Waals surface area contributed by atoms with Crippen LogP contribution in [0.25, 0.3) is 0 Å². The highest BCUT2D eigenvalue weighted by atomic mass is 16.5. The Morgan fingerprint density at radius 3 is 2.24 bits per heavy atom. The second-order valence-corrected chi connectivity index (χ2v) is 13.9. The Morgan fingerprint density at radius 1 is 1.02 bits per heavy atom. The minimum Gasteiger partial charge on any atom is -0.484 e. The molecule has 2 aromatic rings. The fraction of sp³-hybridized carbons (Fsp3) is 0.568. The maximum atomic E-state index is 14.9. The number of aliphatic hydroxyl groups is 1. The van der Waals surface area contributed by atoms with Crippen molar-refractivity contribution in [1.29, 1.82) is 0 Å². The van der Waals surface area contributed by atoms with E-state index in [1.807, 2.05) is 27.7 Å². The normalized spacial score (nSPS) is 22.8. The molecule has 268 valence electrons. The first-order valence-electron chi connectivity index (χ1n) is 17.2. The summed E-state index contributed by atoms with van der Waals surface area (Å²) in [5.74, 6) is -5.65. The zero-order chi connectivity index (χ0) is 36.5. The van der Waals surface area contributed by atoms with Gasteiger partial charge in [0, 0.05) is 18.7 Å². The molecule has 12 heteroatoms. The minimum atomic E-state index is -2.24. The summed E-state index contributed by atoms with van der Waals surface area (Å²) >= 11 is 0. The molecule has 1 fully saturated rings. The molecule has 12 nitrogen and oxygen atoms in total. The molecule has 1 aromatic carbocycles. The number of amides is 2. The quantitative estimate of drug-likeness (QED) is 0.130. The molecule has 0 aliphatic heterocycles. The summed E-state index contributed by atoms with van der Waals surface area (Å²) in [5, 5.41) is 17.2. The molecule has 1 aliphatic carbocycles. The van der Waals surface area contributed by atoms with Gasteiger partial charge in [0.25, 0.3) is 5.91 Å². The van der Waals surface area contributed by atoms with E-state index in [9.17, 15) is 29.1 Å². The van der Waals surface area contributed by atoms with Gasteiger partial charge in [-0.25, -0.2) is 0 Å². The van der Waals surface area contributed by atoms with Crippen molar-refractivity contribution >= 4 is 29.2 Å². The predicted octanol–water partition coefficient (Wildman–Crippen LogP) is 2.67. The molecule has 0 saturated heterocycles. The molecule has 3 unspecified atom stereocenters. The number of carbonyl (C=O) groups is 5. The van der Waals surface area contributed by atoms with Crippen LogP contribution < -0.4 is 26.8 Å². The molecule has 8 atom stereocenters. The fourth-order valence-electron chi connectivity index (χ4n) is 6.67. The molecule has 49 heavy (non-hydrogen) atoms. The number of para-hydroxylation sites is 1. The SMILES string of the molecule is CC[C@H](C)[C@H](N)C(=O)C(NC(=O)[C@]1(C(C)C)C(=O)C(NC(=O)COc2ccccc2)CCC(=O)C1[C@H](O)[C@@H](N)CC(C)C)c1ccccn1. The number of hydrogen-bond donors (Lipinski definition) is 5. The van der Waals surface area contributed by atoms with Gasteiger partial charge in [0.1, 0.15) is 23.0 Å². The van der Waals surface area contributed by atoms with Crippen molar-refractivity contribution in [2.75, 3.05) is 6.61 Å². The van der Waals surface area contributed by atoms with Crippen LogP contribution in [0, 0.1) is 29.1 Å². The summed E-state index contributed by atoms with van der Waals surface area (Å²) in [7, 11) is 0. The Bertz CT molecular complexity index is 1440. The summed E-state index contributed by atoms with van der Waals surface area (Å²) < 4.78 is 5.57. The van der Waals surface area contributed by atoms with E-state index in [0.717, 1.165) is 0 Å². The van der Waals surface area contributed by atoms with Crippen LogP contribution in [0.2, 0.25) is 0 Å². The number of nitrogens with zero attached hydrogens (tertiary/aromatic N) is 1. The van der Waals surface area contributed by atoms with Gasteiger partial charge in [0.15, 0.2) is 18.2 Å². The van der Waals surface area contributed by atoms with Crippen LogP contribution in [0.3, 0.4) is 0 Å². The van der Waals surface area contributed by atoms with Crippen LogP contribution in [0.4, 0.5) is 0 Å². The van der Waals surface area contributed by atoms with E-state index < -0.39 is 83.3 Å². The zero-order valence-corrected chi connectivity index (χ0v) is 29.4. The average molecular weight is 680 g/mol. The van der Waals surface area contributed by atoms with Crippen LogP contribution in [0.1, 0.15) is 79.0 Å².